The molecule has 0 radical (unpaired) electrons. The molecule has 36 heavy (non-hydrogen) atoms. The summed E-state index contributed by atoms with van der Waals surface area (Å²) in [5, 5.41) is 15.9. The number of halogens is 3. The summed E-state index contributed by atoms with van der Waals surface area (Å²) >= 11 is 0. The summed E-state index contributed by atoms with van der Waals surface area (Å²) in [6.45, 7) is 0.0736. The van der Waals surface area contributed by atoms with Gasteiger partial charge in [0, 0.05) is 0 Å². The molecule has 0 saturated carbocycles. The van der Waals surface area contributed by atoms with Crippen molar-refractivity contribution in [2.75, 3.05) is 12.1 Å². The van der Waals surface area contributed by atoms with E-state index < -0.39 is 34.0 Å². The molecule has 8 nitrogen and oxygen atoms in total. The molecule has 0 unspecified atom stereocenters. The van der Waals surface area contributed by atoms with Gasteiger partial charge in [0.05, 0.1) is 34.9 Å². The van der Waals surface area contributed by atoms with Crippen LogP contribution in [0, 0.1) is 10.1 Å². The zero-order valence-corrected chi connectivity index (χ0v) is 18.7. The minimum atomic E-state index is -4.98. The van der Waals surface area contributed by atoms with Crippen molar-refractivity contribution in [3.8, 4) is 11.5 Å². The number of amides is 1. The number of anilines is 1. The highest BCUT2D eigenvalue weighted by atomic mass is 19.4. The number of benzene rings is 3. The number of nitro benzene ring substituents is 1. The van der Waals surface area contributed by atoms with E-state index in [1.165, 1.54) is 31.4 Å². The molecule has 1 heterocycles. The van der Waals surface area contributed by atoms with E-state index in [-0.39, 0.29) is 29.4 Å². The van der Waals surface area contributed by atoms with Crippen molar-refractivity contribution >= 4 is 29.1 Å². The number of rotatable bonds is 7. The molecule has 0 N–H and O–H groups in total. The van der Waals surface area contributed by atoms with Gasteiger partial charge in [0.2, 0.25) is 0 Å². The maximum atomic E-state index is 13.8. The van der Waals surface area contributed by atoms with Crippen molar-refractivity contribution in [3.05, 3.63) is 99.6 Å². The topological polar surface area (TPSA) is 94.3 Å². The Kier molecular flexibility index (Phi) is 6.73. The van der Waals surface area contributed by atoms with Gasteiger partial charge in [-0.25, -0.2) is 0 Å². The second-order valence-electron chi connectivity index (χ2n) is 7.55. The van der Waals surface area contributed by atoms with Gasteiger partial charge in [0.15, 0.2) is 17.2 Å². The van der Waals surface area contributed by atoms with Crippen molar-refractivity contribution in [2.45, 2.75) is 12.8 Å². The van der Waals surface area contributed by atoms with E-state index in [1.54, 1.807) is 30.3 Å². The second-order valence-corrected chi connectivity index (χ2v) is 7.55. The summed E-state index contributed by atoms with van der Waals surface area (Å²) in [6.07, 6.45) is -4.19. The van der Waals surface area contributed by atoms with Crippen LogP contribution in [-0.4, -0.2) is 29.8 Å². The van der Waals surface area contributed by atoms with Crippen LogP contribution in [0.5, 0.6) is 11.5 Å². The van der Waals surface area contributed by atoms with E-state index in [9.17, 15) is 28.1 Å². The number of carbonyl (C=O) groups excluding carboxylic acids is 1. The van der Waals surface area contributed by atoms with Gasteiger partial charge in [0.1, 0.15) is 6.61 Å². The highest BCUT2D eigenvalue weighted by molar-refractivity contribution is 6.34. The lowest BCUT2D eigenvalue weighted by molar-refractivity contribution is -0.385. The van der Waals surface area contributed by atoms with Crippen LogP contribution in [0.3, 0.4) is 0 Å². The molecule has 1 amide bonds. The summed E-state index contributed by atoms with van der Waals surface area (Å²) < 4.78 is 52.3. The molecule has 0 spiro atoms. The van der Waals surface area contributed by atoms with Crippen LogP contribution in [0.4, 0.5) is 24.5 Å². The lowest BCUT2D eigenvalue weighted by Crippen LogP contribution is -2.25. The Morgan fingerprint density at radius 1 is 1.03 bits per heavy atom. The maximum Gasteiger partial charge on any atom is 0.435 e. The molecule has 184 valence electrons. The van der Waals surface area contributed by atoms with Gasteiger partial charge in [-0.2, -0.15) is 23.3 Å². The molecule has 0 fully saturated rings. The monoisotopic (exact) mass is 497 g/mol. The molecule has 1 aliphatic rings. The Balaban J connectivity index is 1.77. The molecule has 0 aliphatic carbocycles. The van der Waals surface area contributed by atoms with Gasteiger partial charge < -0.3 is 9.47 Å². The molecule has 0 bridgehead atoms. The van der Waals surface area contributed by atoms with Crippen LogP contribution in [0.2, 0.25) is 0 Å². The molecule has 0 aromatic heterocycles. The summed E-state index contributed by atoms with van der Waals surface area (Å²) in [4.78, 5) is 24.0. The third kappa shape index (κ3) is 5.04. The smallest absolute Gasteiger partial charge is 0.435 e. The Morgan fingerprint density at radius 3 is 2.25 bits per heavy atom. The lowest BCUT2D eigenvalue weighted by Gasteiger charge is -2.13. The zero-order valence-electron chi connectivity index (χ0n) is 18.7. The zero-order chi connectivity index (χ0) is 25.9. The summed E-state index contributed by atoms with van der Waals surface area (Å²) in [5.74, 6) is -1.02. The minimum absolute atomic E-state index is 0.0172. The predicted octanol–water partition coefficient (Wildman–Crippen LogP) is 5.53. The van der Waals surface area contributed by atoms with E-state index in [1.807, 2.05) is 6.07 Å². The third-order valence-corrected chi connectivity index (χ3v) is 5.19. The van der Waals surface area contributed by atoms with Gasteiger partial charge in [-0.05, 0) is 29.8 Å². The SMILES string of the molecule is COc1cc(/C=C2\C(=O)N(c3ccccc3)N=C2C(F)(F)F)c([N+](=O)[O-])cc1OCc1ccccc1. The average molecular weight is 497 g/mol. The summed E-state index contributed by atoms with van der Waals surface area (Å²) in [5.41, 5.74) is -2.25. The molecular formula is C25H18F3N3O5. The Bertz CT molecular complexity index is 1360. The Morgan fingerprint density at radius 2 is 1.67 bits per heavy atom. The summed E-state index contributed by atoms with van der Waals surface area (Å²) in [7, 11) is 1.29. The van der Waals surface area contributed by atoms with Crippen molar-refractivity contribution in [1.82, 2.24) is 0 Å². The van der Waals surface area contributed by atoms with Gasteiger partial charge in [-0.1, -0.05) is 48.5 Å². The number of hydrazone groups is 1. The van der Waals surface area contributed by atoms with Crippen molar-refractivity contribution < 1.29 is 32.4 Å². The molecule has 0 atom stereocenters. The first-order valence-corrected chi connectivity index (χ1v) is 10.5. The van der Waals surface area contributed by atoms with Crippen molar-refractivity contribution in [1.29, 1.82) is 0 Å². The van der Waals surface area contributed by atoms with Gasteiger partial charge in [-0.15, -0.1) is 0 Å². The first-order chi connectivity index (χ1) is 17.2. The molecule has 3 aromatic rings. The minimum Gasteiger partial charge on any atom is -0.493 e. The number of alkyl halides is 3. The fourth-order valence-corrected chi connectivity index (χ4v) is 3.50. The number of ether oxygens (including phenoxy) is 2. The highest BCUT2D eigenvalue weighted by Gasteiger charge is 2.47. The first kappa shape index (κ1) is 24.5. The number of hydrogen-bond donors (Lipinski definition) is 0. The number of hydrogen-bond acceptors (Lipinski definition) is 6. The van der Waals surface area contributed by atoms with Crippen LogP contribution < -0.4 is 14.5 Å². The van der Waals surface area contributed by atoms with E-state index in [2.05, 4.69) is 5.10 Å². The van der Waals surface area contributed by atoms with Gasteiger partial charge in [-0.3, -0.25) is 14.9 Å². The van der Waals surface area contributed by atoms with E-state index in [0.29, 0.717) is 5.01 Å². The highest BCUT2D eigenvalue weighted by Crippen LogP contribution is 2.38. The van der Waals surface area contributed by atoms with E-state index in [0.717, 1.165) is 23.8 Å². The predicted molar refractivity (Wildman–Crippen MR) is 126 cm³/mol. The fraction of sp³-hybridized carbons (Fsp3) is 0.120. The Labute approximate surface area is 203 Å². The van der Waals surface area contributed by atoms with E-state index in [4.69, 9.17) is 9.47 Å². The molecule has 3 aromatic carbocycles. The summed E-state index contributed by atoms with van der Waals surface area (Å²) in [6, 6.07) is 18.7. The molecular weight excluding hydrogens is 479 g/mol. The quantitative estimate of drug-likeness (QED) is 0.243. The van der Waals surface area contributed by atoms with Crippen LogP contribution in [0.1, 0.15) is 11.1 Å². The van der Waals surface area contributed by atoms with Crippen molar-refractivity contribution in [2.24, 2.45) is 5.10 Å². The lowest BCUT2D eigenvalue weighted by atomic mass is 10.0. The van der Waals surface area contributed by atoms with Crippen LogP contribution in [0.25, 0.3) is 6.08 Å². The Hall–Kier alpha value is -4.67. The van der Waals surface area contributed by atoms with Gasteiger partial charge >= 0.3 is 6.18 Å². The van der Waals surface area contributed by atoms with Crippen LogP contribution in [-0.2, 0) is 11.4 Å². The largest absolute Gasteiger partial charge is 0.493 e. The number of carbonyl (C=O) groups is 1. The molecule has 1 aliphatic heterocycles. The molecule has 4 rings (SSSR count). The number of methoxy groups -OCH3 is 1. The second kappa shape index (κ2) is 9.90. The first-order valence-electron chi connectivity index (χ1n) is 10.5. The van der Waals surface area contributed by atoms with Crippen LogP contribution >= 0.6 is 0 Å². The van der Waals surface area contributed by atoms with Crippen molar-refractivity contribution in [3.63, 3.8) is 0 Å². The van der Waals surface area contributed by atoms with E-state index >= 15 is 0 Å². The van der Waals surface area contributed by atoms with Crippen LogP contribution in [0.15, 0.2) is 83.5 Å². The standard InChI is InChI=1S/C25H18F3N3O5/c1-35-21-13-17(20(31(33)34)14-22(21)36-15-16-8-4-2-5-9-16)12-19-23(25(26,27)28)29-30(24(19)32)18-10-6-3-7-11-18/h2-14H,15H2,1H3/b19-12-. The van der Waals surface area contributed by atoms with Gasteiger partial charge in [0.25, 0.3) is 11.6 Å². The number of nitrogens with zero attached hydrogens (tertiary/aromatic N) is 3. The molecule has 0 saturated heterocycles. The normalized spacial score (nSPS) is 14.7. The maximum absolute atomic E-state index is 13.8. The number of para-hydroxylation sites is 1. The molecule has 11 heteroatoms. The fourth-order valence-electron chi connectivity index (χ4n) is 3.50. The number of nitro groups is 1. The average Bonchev–Trinajstić information content (AvgIpc) is 3.20. The third-order valence-electron chi connectivity index (χ3n) is 5.19.